The maximum absolute atomic E-state index is 12.0. The van der Waals surface area contributed by atoms with Crippen LogP contribution < -0.4 is 5.69 Å². The number of piperidine rings is 1. The standard InChI is InChI=1S/C15H22N4O3.ClH/c20-13-15(4-1-5-15)8-11(22-13)9-19-6-2-10(3-7-19)12-16-14(21)18-17-12;/h10-11H,1-9H2,(H2,16,17,18,21);1H. The number of likely N-dealkylation sites (tertiary alicyclic amines) is 1. The number of ether oxygens (including phenoxy) is 1. The van der Waals surface area contributed by atoms with Gasteiger partial charge in [-0.2, -0.15) is 5.10 Å². The van der Waals surface area contributed by atoms with E-state index >= 15 is 0 Å². The molecule has 0 aromatic carbocycles. The Labute approximate surface area is 140 Å². The Kier molecular flexibility index (Phi) is 4.51. The summed E-state index contributed by atoms with van der Waals surface area (Å²) >= 11 is 0. The molecule has 0 radical (unpaired) electrons. The molecule has 23 heavy (non-hydrogen) atoms. The van der Waals surface area contributed by atoms with Crippen LogP contribution in [0.4, 0.5) is 0 Å². The Hall–Kier alpha value is -1.34. The summed E-state index contributed by atoms with van der Waals surface area (Å²) in [7, 11) is 0. The SMILES string of the molecule is Cl.O=C1OC(CN2CCC(c3n[nH]c(=O)[nH]3)CC2)CC12CCC2. The first-order valence-corrected chi connectivity index (χ1v) is 8.23. The molecule has 1 saturated carbocycles. The number of aromatic amines is 2. The summed E-state index contributed by atoms with van der Waals surface area (Å²) in [6.07, 6.45) is 6.11. The van der Waals surface area contributed by atoms with Crippen LogP contribution in [0.15, 0.2) is 4.79 Å². The lowest BCUT2D eigenvalue weighted by Crippen LogP contribution is -2.39. The zero-order valence-electron chi connectivity index (χ0n) is 13.0. The molecular formula is C15H23ClN4O3. The van der Waals surface area contributed by atoms with Crippen molar-refractivity contribution in [3.05, 3.63) is 16.3 Å². The molecule has 2 aliphatic heterocycles. The van der Waals surface area contributed by atoms with Gasteiger partial charge < -0.3 is 4.74 Å². The molecule has 0 amide bonds. The van der Waals surface area contributed by atoms with Gasteiger partial charge in [0.1, 0.15) is 11.9 Å². The van der Waals surface area contributed by atoms with Gasteiger partial charge in [0.15, 0.2) is 0 Å². The Balaban J connectivity index is 0.00000156. The van der Waals surface area contributed by atoms with E-state index < -0.39 is 0 Å². The second-order valence-corrected chi connectivity index (χ2v) is 7.00. The van der Waals surface area contributed by atoms with E-state index in [1.165, 1.54) is 0 Å². The summed E-state index contributed by atoms with van der Waals surface area (Å²) in [6, 6.07) is 0. The molecule has 1 unspecified atom stereocenters. The fourth-order valence-corrected chi connectivity index (χ4v) is 4.10. The highest BCUT2D eigenvalue weighted by Gasteiger charge is 2.52. The predicted molar refractivity (Wildman–Crippen MR) is 85.7 cm³/mol. The molecule has 3 aliphatic rings. The zero-order valence-corrected chi connectivity index (χ0v) is 13.9. The molecule has 1 atom stereocenters. The minimum absolute atomic E-state index is 0. The van der Waals surface area contributed by atoms with Gasteiger partial charge in [0.05, 0.1) is 5.41 Å². The summed E-state index contributed by atoms with van der Waals surface area (Å²) in [5, 5.41) is 6.46. The lowest BCUT2D eigenvalue weighted by molar-refractivity contribution is -0.152. The van der Waals surface area contributed by atoms with Crippen molar-refractivity contribution < 1.29 is 9.53 Å². The zero-order chi connectivity index (χ0) is 15.2. The molecule has 3 heterocycles. The number of nitrogens with one attached hydrogen (secondary N) is 2. The van der Waals surface area contributed by atoms with Gasteiger partial charge in [0, 0.05) is 18.9 Å². The maximum Gasteiger partial charge on any atom is 0.340 e. The summed E-state index contributed by atoms with van der Waals surface area (Å²) < 4.78 is 5.59. The van der Waals surface area contributed by atoms with Gasteiger partial charge in [-0.15, -0.1) is 12.4 Å². The van der Waals surface area contributed by atoms with Crippen LogP contribution >= 0.6 is 12.4 Å². The van der Waals surface area contributed by atoms with Crippen LogP contribution in [0.5, 0.6) is 0 Å². The number of hydrogen-bond donors (Lipinski definition) is 2. The number of halogens is 1. The fraction of sp³-hybridized carbons (Fsp3) is 0.800. The van der Waals surface area contributed by atoms with Gasteiger partial charge in [-0.05, 0) is 38.8 Å². The first-order valence-electron chi connectivity index (χ1n) is 8.23. The predicted octanol–water partition coefficient (Wildman–Crippen LogP) is 1.18. The summed E-state index contributed by atoms with van der Waals surface area (Å²) in [6.45, 7) is 2.76. The Bertz CT molecular complexity index is 616. The lowest BCUT2D eigenvalue weighted by atomic mass is 9.67. The highest BCUT2D eigenvalue weighted by Crippen LogP contribution is 2.50. The Morgan fingerprint density at radius 1 is 1.26 bits per heavy atom. The van der Waals surface area contributed by atoms with Crippen LogP contribution in [-0.4, -0.2) is 51.8 Å². The Morgan fingerprint density at radius 2 is 2.00 bits per heavy atom. The minimum Gasteiger partial charge on any atom is -0.461 e. The van der Waals surface area contributed by atoms with E-state index in [0.29, 0.717) is 5.92 Å². The summed E-state index contributed by atoms with van der Waals surface area (Å²) in [5.41, 5.74) is -0.363. The number of esters is 1. The van der Waals surface area contributed by atoms with Crippen LogP contribution in [0, 0.1) is 5.41 Å². The molecule has 8 heteroatoms. The highest BCUT2D eigenvalue weighted by atomic mass is 35.5. The van der Waals surface area contributed by atoms with Gasteiger partial charge in [0.2, 0.25) is 0 Å². The molecule has 7 nitrogen and oxygen atoms in total. The number of rotatable bonds is 3. The van der Waals surface area contributed by atoms with Crippen LogP contribution in [0.3, 0.4) is 0 Å². The number of nitrogens with zero attached hydrogens (tertiary/aromatic N) is 2. The molecule has 2 N–H and O–H groups in total. The van der Waals surface area contributed by atoms with E-state index in [4.69, 9.17) is 4.74 Å². The number of cyclic esters (lactones) is 1. The monoisotopic (exact) mass is 342 g/mol. The molecule has 128 valence electrons. The molecular weight excluding hydrogens is 320 g/mol. The van der Waals surface area contributed by atoms with E-state index in [-0.39, 0.29) is 35.6 Å². The van der Waals surface area contributed by atoms with Crippen molar-refractivity contribution in [2.24, 2.45) is 5.41 Å². The topological polar surface area (TPSA) is 91.1 Å². The van der Waals surface area contributed by atoms with Crippen LogP contribution in [0.25, 0.3) is 0 Å². The Morgan fingerprint density at radius 3 is 2.52 bits per heavy atom. The van der Waals surface area contributed by atoms with E-state index in [1.807, 2.05) is 0 Å². The largest absolute Gasteiger partial charge is 0.461 e. The minimum atomic E-state index is -0.235. The van der Waals surface area contributed by atoms with Crippen LogP contribution in [-0.2, 0) is 9.53 Å². The van der Waals surface area contributed by atoms with Crippen molar-refractivity contribution in [3.63, 3.8) is 0 Å². The van der Waals surface area contributed by atoms with Gasteiger partial charge in [-0.3, -0.25) is 14.7 Å². The first kappa shape index (κ1) is 16.5. The van der Waals surface area contributed by atoms with Gasteiger partial charge >= 0.3 is 11.7 Å². The van der Waals surface area contributed by atoms with E-state index in [9.17, 15) is 9.59 Å². The molecule has 4 rings (SSSR count). The maximum atomic E-state index is 12.0. The third-order valence-corrected chi connectivity index (χ3v) is 5.59. The van der Waals surface area contributed by atoms with Crippen molar-refractivity contribution in [3.8, 4) is 0 Å². The van der Waals surface area contributed by atoms with E-state index in [2.05, 4.69) is 20.1 Å². The van der Waals surface area contributed by atoms with E-state index in [0.717, 1.165) is 64.0 Å². The second-order valence-electron chi connectivity index (χ2n) is 7.00. The van der Waals surface area contributed by atoms with Crippen molar-refractivity contribution in [2.45, 2.75) is 50.5 Å². The average Bonchev–Trinajstić information content (AvgIpc) is 3.03. The van der Waals surface area contributed by atoms with Crippen LogP contribution in [0.2, 0.25) is 0 Å². The van der Waals surface area contributed by atoms with Crippen LogP contribution in [0.1, 0.15) is 50.3 Å². The van der Waals surface area contributed by atoms with Gasteiger partial charge in [-0.1, -0.05) is 6.42 Å². The second kappa shape index (κ2) is 6.28. The van der Waals surface area contributed by atoms with Crippen molar-refractivity contribution in [1.29, 1.82) is 0 Å². The average molecular weight is 343 g/mol. The van der Waals surface area contributed by atoms with Gasteiger partial charge in [0.25, 0.3) is 0 Å². The first-order chi connectivity index (χ1) is 10.6. The normalized spacial score (nSPS) is 27.5. The number of aromatic nitrogens is 3. The lowest BCUT2D eigenvalue weighted by Gasteiger charge is -2.34. The molecule has 2 saturated heterocycles. The molecule has 1 aromatic heterocycles. The van der Waals surface area contributed by atoms with Crippen molar-refractivity contribution >= 4 is 18.4 Å². The molecule has 0 bridgehead atoms. The number of H-pyrrole nitrogens is 2. The van der Waals surface area contributed by atoms with Crippen molar-refractivity contribution in [1.82, 2.24) is 20.1 Å². The number of hydrogen-bond acceptors (Lipinski definition) is 5. The van der Waals surface area contributed by atoms with E-state index in [1.54, 1.807) is 0 Å². The fourth-order valence-electron chi connectivity index (χ4n) is 4.10. The molecule has 1 spiro atoms. The molecule has 3 fully saturated rings. The third-order valence-electron chi connectivity index (χ3n) is 5.59. The highest BCUT2D eigenvalue weighted by molar-refractivity contribution is 5.85. The molecule has 1 aliphatic carbocycles. The smallest absolute Gasteiger partial charge is 0.340 e. The summed E-state index contributed by atoms with van der Waals surface area (Å²) in [4.78, 5) is 28.2. The quantitative estimate of drug-likeness (QED) is 0.805. The third kappa shape index (κ3) is 3.04. The summed E-state index contributed by atoms with van der Waals surface area (Å²) in [5.74, 6) is 1.12. The number of carbonyl (C=O) groups excluding carboxylic acids is 1. The van der Waals surface area contributed by atoms with Crippen molar-refractivity contribution in [2.75, 3.05) is 19.6 Å². The molecule has 1 aromatic rings. The van der Waals surface area contributed by atoms with Gasteiger partial charge in [-0.25, -0.2) is 9.89 Å². The number of carbonyl (C=O) groups is 1.